The van der Waals surface area contributed by atoms with Gasteiger partial charge in [-0.1, -0.05) is 187 Å². The molecule has 9 aromatic rings. The Kier molecular flexibility index (Phi) is 11.7. The Balaban J connectivity index is 1.04. The summed E-state index contributed by atoms with van der Waals surface area (Å²) in [6.07, 6.45) is 13.4. The molecule has 0 aliphatic heterocycles. The zero-order valence-electron chi connectivity index (χ0n) is 42.9. The quantitative estimate of drug-likeness (QED) is 0.0995. The van der Waals surface area contributed by atoms with Crippen molar-refractivity contribution < 1.29 is 0 Å². The molecule has 4 heteroatoms. The smallest absolute Gasteiger partial charge is 0.0579 e. The van der Waals surface area contributed by atoms with Crippen LogP contribution in [0.5, 0.6) is 0 Å². The van der Waals surface area contributed by atoms with Crippen molar-refractivity contribution in [3.8, 4) is 11.1 Å². The molecule has 0 saturated heterocycles. The fourth-order valence-corrected chi connectivity index (χ4v) is 27.6. The molecule has 0 unspecified atom stereocenters. The molecule has 3 aliphatic carbocycles. The van der Waals surface area contributed by atoms with Gasteiger partial charge >= 0.3 is 0 Å². The van der Waals surface area contributed by atoms with E-state index in [1.165, 1.54) is 153 Å². The first-order valence-corrected chi connectivity index (χ1v) is 34.0. The Labute approximate surface area is 425 Å². The summed E-state index contributed by atoms with van der Waals surface area (Å²) in [5.74, 6) is 1.36. The van der Waals surface area contributed by atoms with Gasteiger partial charge in [-0.2, -0.15) is 0 Å². The summed E-state index contributed by atoms with van der Waals surface area (Å²) in [7, 11) is -4.23. The monoisotopic (exact) mass is 959 g/mol. The molecule has 2 nitrogen and oxygen atoms in total. The predicted molar refractivity (Wildman–Crippen MR) is 313 cm³/mol. The second-order valence-electron chi connectivity index (χ2n) is 23.4. The first-order valence-electron chi connectivity index (χ1n) is 27.0. The Hall–Kier alpha value is -6.21. The van der Waals surface area contributed by atoms with Crippen molar-refractivity contribution >= 4 is 82.6 Å². The molecule has 12 rings (SSSR count). The van der Waals surface area contributed by atoms with E-state index in [0.717, 1.165) is 0 Å². The average Bonchev–Trinajstić information content (AvgIpc) is 3.75. The number of para-hydroxylation sites is 2. The summed E-state index contributed by atoms with van der Waals surface area (Å²) in [5.41, 5.74) is 16.3. The number of anilines is 6. The molecule has 0 atom stereocenters. The molecule has 0 radical (unpaired) electrons. The molecular weight excluding hydrogens is 889 g/mol. The third-order valence-electron chi connectivity index (χ3n) is 17.3. The van der Waals surface area contributed by atoms with Gasteiger partial charge in [0.1, 0.15) is 0 Å². The molecule has 0 spiro atoms. The van der Waals surface area contributed by atoms with Gasteiger partial charge in [-0.15, -0.1) is 0 Å². The van der Waals surface area contributed by atoms with Gasteiger partial charge in [0, 0.05) is 38.8 Å². The van der Waals surface area contributed by atoms with Gasteiger partial charge < -0.3 is 9.80 Å². The van der Waals surface area contributed by atoms with Crippen LogP contribution in [0, 0.1) is 0 Å². The third kappa shape index (κ3) is 7.71. The van der Waals surface area contributed by atoms with Gasteiger partial charge in [0.15, 0.2) is 0 Å². The van der Waals surface area contributed by atoms with Gasteiger partial charge in [-0.25, -0.2) is 0 Å². The highest BCUT2D eigenvalue weighted by Crippen LogP contribution is 2.63. The van der Waals surface area contributed by atoms with Crippen molar-refractivity contribution in [1.82, 2.24) is 0 Å². The van der Waals surface area contributed by atoms with Crippen molar-refractivity contribution in [3.63, 3.8) is 0 Å². The second kappa shape index (κ2) is 18.1. The van der Waals surface area contributed by atoms with E-state index < -0.39 is 16.1 Å². The first-order chi connectivity index (χ1) is 34.5. The SMILES string of the molecule is C[Si](C)(C)C1([Si](C)(C)C)c2c(ccc3cc(N(c4ccccc4)c4ccc(C5CCCCC5)cc4)ccc23)-c2c1c1ccc(N(c3ccccc3)c3ccc(C4CCCCC4)cc3)cc1c1ccccc21. The number of hydrogen-bond donors (Lipinski definition) is 0. The van der Waals surface area contributed by atoms with Crippen LogP contribution >= 0.6 is 0 Å². The lowest BCUT2D eigenvalue weighted by Gasteiger charge is -2.52. The first kappa shape index (κ1) is 45.9. The lowest BCUT2D eigenvalue weighted by atomic mass is 9.84. The van der Waals surface area contributed by atoms with Crippen LogP contribution in [0.3, 0.4) is 0 Å². The van der Waals surface area contributed by atoms with Crippen molar-refractivity contribution in [3.05, 3.63) is 204 Å². The van der Waals surface area contributed by atoms with Crippen molar-refractivity contribution in [1.29, 1.82) is 0 Å². The van der Waals surface area contributed by atoms with Crippen molar-refractivity contribution in [2.75, 3.05) is 9.80 Å². The molecule has 0 amide bonds. The standard InChI is InChI=1S/C67H70N2Si2/c1-70(2,3)67(71(4,5)6)65-58-43-40-56(68(52-25-15-9-16-26-52)54-36-31-49(32-37-54)47-21-11-7-12-22-47)45-51(58)35-42-62(65)64-60-30-20-19-29-59(60)63-46-57(41-44-61(63)66(64)67)69(53-27-17-10-18-28-53)55-38-33-50(34-39-55)48-23-13-8-14-24-48/h9-10,15-20,25-48H,7-8,11-14,21-24H2,1-6H3. The highest BCUT2D eigenvalue weighted by atomic mass is 28.4. The summed E-state index contributed by atoms with van der Waals surface area (Å²) in [5, 5.41) is 8.20. The average molecular weight is 959 g/mol. The Morgan fingerprint density at radius 1 is 0.352 bits per heavy atom. The van der Waals surface area contributed by atoms with Crippen LogP contribution in [-0.4, -0.2) is 16.1 Å². The van der Waals surface area contributed by atoms with Gasteiger partial charge in [0.25, 0.3) is 0 Å². The largest absolute Gasteiger partial charge is 0.310 e. The van der Waals surface area contributed by atoms with Crippen LogP contribution in [0.1, 0.15) is 98.3 Å². The highest BCUT2D eigenvalue weighted by Gasteiger charge is 2.60. The van der Waals surface area contributed by atoms with Crippen LogP contribution in [-0.2, 0) is 4.66 Å². The zero-order valence-corrected chi connectivity index (χ0v) is 44.9. The van der Waals surface area contributed by atoms with Gasteiger partial charge in [0.05, 0.1) is 16.1 Å². The molecule has 0 aromatic heterocycles. The summed E-state index contributed by atoms with van der Waals surface area (Å²) >= 11 is 0. The second-order valence-corrected chi connectivity index (χ2v) is 34.4. The minimum Gasteiger partial charge on any atom is -0.310 e. The van der Waals surface area contributed by atoms with E-state index in [1.807, 2.05) is 0 Å². The van der Waals surface area contributed by atoms with E-state index >= 15 is 0 Å². The summed E-state index contributed by atoms with van der Waals surface area (Å²) < 4.78 is -0.0857. The minimum absolute atomic E-state index is 0.0857. The zero-order chi connectivity index (χ0) is 48.5. The molecule has 2 saturated carbocycles. The number of benzene rings is 9. The van der Waals surface area contributed by atoms with Crippen LogP contribution < -0.4 is 9.80 Å². The number of fused-ring (bicyclic) bond motifs is 10. The fourth-order valence-electron chi connectivity index (χ4n) is 14.5. The maximum absolute atomic E-state index is 2.68. The summed E-state index contributed by atoms with van der Waals surface area (Å²) in [6.45, 7) is 16.1. The van der Waals surface area contributed by atoms with E-state index in [0.29, 0.717) is 11.8 Å². The Morgan fingerprint density at radius 3 is 1.30 bits per heavy atom. The summed E-state index contributed by atoms with van der Waals surface area (Å²) in [6, 6.07) is 70.4. The maximum atomic E-state index is 2.68. The lowest BCUT2D eigenvalue weighted by Crippen LogP contribution is -2.63. The Bertz CT molecular complexity index is 3380. The topological polar surface area (TPSA) is 6.48 Å². The number of nitrogens with zero attached hydrogens (tertiary/aromatic N) is 2. The van der Waals surface area contributed by atoms with Crippen LogP contribution in [0.2, 0.25) is 39.3 Å². The van der Waals surface area contributed by atoms with E-state index in [2.05, 4.69) is 231 Å². The molecule has 9 aromatic carbocycles. The maximum Gasteiger partial charge on any atom is 0.0579 e. The number of rotatable bonds is 10. The van der Waals surface area contributed by atoms with Crippen LogP contribution in [0.4, 0.5) is 34.1 Å². The van der Waals surface area contributed by atoms with Gasteiger partial charge in [-0.05, 0) is 176 Å². The lowest BCUT2D eigenvalue weighted by molar-refractivity contribution is 0.443. The summed E-state index contributed by atoms with van der Waals surface area (Å²) in [4.78, 5) is 4.96. The predicted octanol–water partition coefficient (Wildman–Crippen LogP) is 20.2. The minimum atomic E-state index is -2.11. The van der Waals surface area contributed by atoms with E-state index in [-0.39, 0.29) is 4.66 Å². The normalized spacial score (nSPS) is 16.3. The van der Waals surface area contributed by atoms with Crippen molar-refractivity contribution in [2.24, 2.45) is 0 Å². The van der Waals surface area contributed by atoms with Crippen LogP contribution in [0.15, 0.2) is 182 Å². The van der Waals surface area contributed by atoms with Gasteiger partial charge in [0.2, 0.25) is 0 Å². The third-order valence-corrected chi connectivity index (χ3v) is 27.3. The molecule has 0 N–H and O–H groups in total. The molecule has 2 fully saturated rings. The number of hydrogen-bond acceptors (Lipinski definition) is 2. The fraction of sp³-hybridized carbons (Fsp3) is 0.284. The molecule has 0 bridgehead atoms. The van der Waals surface area contributed by atoms with E-state index in [9.17, 15) is 0 Å². The molecule has 0 heterocycles. The van der Waals surface area contributed by atoms with Crippen LogP contribution in [0.25, 0.3) is 43.4 Å². The van der Waals surface area contributed by atoms with E-state index in [1.54, 1.807) is 11.1 Å². The molecule has 356 valence electrons. The van der Waals surface area contributed by atoms with Crippen molar-refractivity contribution in [2.45, 2.75) is 120 Å². The molecule has 3 aliphatic rings. The van der Waals surface area contributed by atoms with E-state index in [4.69, 9.17) is 0 Å². The highest BCUT2D eigenvalue weighted by molar-refractivity contribution is 7.00. The molecule has 71 heavy (non-hydrogen) atoms. The molecular formula is C67H70N2Si2. The Morgan fingerprint density at radius 2 is 0.789 bits per heavy atom. The van der Waals surface area contributed by atoms with Gasteiger partial charge in [-0.3, -0.25) is 0 Å².